The van der Waals surface area contributed by atoms with Gasteiger partial charge in [-0.15, -0.1) is 0 Å². The van der Waals surface area contributed by atoms with Gasteiger partial charge in [-0.1, -0.05) is 6.07 Å². The van der Waals surface area contributed by atoms with Crippen LogP contribution in [0.2, 0.25) is 0 Å². The Morgan fingerprint density at radius 3 is 2.24 bits per heavy atom. The van der Waals surface area contributed by atoms with Gasteiger partial charge in [-0.2, -0.15) is 0 Å². The minimum atomic E-state index is 0.267. The molecule has 0 amide bonds. The summed E-state index contributed by atoms with van der Waals surface area (Å²) in [6, 6.07) is 5.57. The third-order valence-electron chi connectivity index (χ3n) is 3.91. The Morgan fingerprint density at radius 1 is 1.05 bits per heavy atom. The summed E-state index contributed by atoms with van der Waals surface area (Å²) in [4.78, 5) is 2.17. The van der Waals surface area contributed by atoms with Gasteiger partial charge in [0.2, 0.25) is 0 Å². The minimum absolute atomic E-state index is 0.267. The number of anilines is 2. The Bertz CT molecular complexity index is 498. The fraction of sp³-hybridized carbons (Fsp3) is 0.600. The first-order valence-corrected chi connectivity index (χ1v) is 7.45. The summed E-state index contributed by atoms with van der Waals surface area (Å²) in [5.74, 6) is 0.290. The summed E-state index contributed by atoms with van der Waals surface area (Å²) in [5.41, 5.74) is 1.77. The van der Waals surface area contributed by atoms with Gasteiger partial charge in [0.1, 0.15) is 11.4 Å². The molecule has 3 unspecified atom stereocenters. The maximum Gasteiger partial charge on any atom is 0.141 e. The Kier molecular flexibility index (Phi) is 3.37. The van der Waals surface area contributed by atoms with E-state index in [-0.39, 0.29) is 18.0 Å². The van der Waals surface area contributed by atoms with Gasteiger partial charge in [-0.05, 0) is 12.1 Å². The normalized spacial score (nSPS) is 29.0. The van der Waals surface area contributed by atoms with Gasteiger partial charge in [-0.25, -0.2) is 0 Å². The van der Waals surface area contributed by atoms with E-state index in [1.54, 1.807) is 6.07 Å². The maximum atomic E-state index is 10.3. The Labute approximate surface area is 123 Å². The fourth-order valence-electron chi connectivity index (χ4n) is 2.51. The molecule has 0 spiro atoms. The summed E-state index contributed by atoms with van der Waals surface area (Å²) in [6.07, 6.45) is 0.832. The number of phenols is 1. The van der Waals surface area contributed by atoms with Crippen molar-refractivity contribution in [2.45, 2.75) is 18.3 Å². The van der Waals surface area contributed by atoms with Gasteiger partial charge >= 0.3 is 0 Å². The van der Waals surface area contributed by atoms with Crippen molar-refractivity contribution in [2.75, 3.05) is 49.7 Å². The smallest absolute Gasteiger partial charge is 0.141 e. The Balaban J connectivity index is 1.55. The van der Waals surface area contributed by atoms with Crippen molar-refractivity contribution < 1.29 is 19.3 Å². The van der Waals surface area contributed by atoms with Gasteiger partial charge in [0.25, 0.3) is 0 Å². The molecule has 0 aliphatic carbocycles. The van der Waals surface area contributed by atoms with E-state index in [1.807, 2.05) is 12.1 Å². The quantitative estimate of drug-likeness (QED) is 0.691. The number of benzene rings is 1. The van der Waals surface area contributed by atoms with Crippen LogP contribution in [0.3, 0.4) is 0 Å². The second-order valence-corrected chi connectivity index (χ2v) is 5.83. The molecular formula is C15H20N2O4. The lowest BCUT2D eigenvalue weighted by Crippen LogP contribution is -2.32. The molecular weight excluding hydrogens is 272 g/mol. The number of aromatic hydroxyl groups is 1. The molecule has 4 rings (SSSR count). The third kappa shape index (κ3) is 3.40. The monoisotopic (exact) mass is 292 g/mol. The largest absolute Gasteiger partial charge is 0.506 e. The van der Waals surface area contributed by atoms with Crippen molar-refractivity contribution >= 4 is 11.4 Å². The highest BCUT2D eigenvalue weighted by atomic mass is 16.6. The highest BCUT2D eigenvalue weighted by molar-refractivity contribution is 5.76. The van der Waals surface area contributed by atoms with Crippen LogP contribution >= 0.6 is 0 Å². The lowest BCUT2D eigenvalue weighted by Gasteiger charge is -2.27. The number of hydrogen-bond acceptors (Lipinski definition) is 6. The van der Waals surface area contributed by atoms with Crippen LogP contribution in [0.4, 0.5) is 11.4 Å². The number of nitrogens with one attached hydrogen (secondary N) is 1. The molecule has 0 saturated carbocycles. The average Bonchev–Trinajstić information content (AvgIpc) is 3.33. The van der Waals surface area contributed by atoms with Crippen LogP contribution in [0.15, 0.2) is 18.2 Å². The molecule has 0 aromatic heterocycles. The van der Waals surface area contributed by atoms with Gasteiger partial charge in [0.05, 0.1) is 43.8 Å². The lowest BCUT2D eigenvalue weighted by molar-refractivity contribution is 0.387. The van der Waals surface area contributed by atoms with Crippen LogP contribution in [0.1, 0.15) is 0 Å². The SMILES string of the molecule is Oc1cccc(NCC2CO2)c1N(CC1CO1)CC1CO1. The zero-order valence-corrected chi connectivity index (χ0v) is 11.8. The van der Waals surface area contributed by atoms with Gasteiger partial charge in [0.15, 0.2) is 0 Å². The molecule has 0 bridgehead atoms. The van der Waals surface area contributed by atoms with Gasteiger partial charge < -0.3 is 29.5 Å². The van der Waals surface area contributed by atoms with Crippen LogP contribution in [-0.2, 0) is 14.2 Å². The molecule has 21 heavy (non-hydrogen) atoms. The van der Waals surface area contributed by atoms with Crippen LogP contribution in [0, 0.1) is 0 Å². The number of ether oxygens (including phenoxy) is 3. The summed E-state index contributed by atoms with van der Waals surface area (Å²) in [5, 5.41) is 13.7. The molecule has 6 heteroatoms. The summed E-state index contributed by atoms with van der Waals surface area (Å²) in [6.45, 7) is 4.75. The number of para-hydroxylation sites is 1. The molecule has 3 aliphatic rings. The Hall–Kier alpha value is -1.50. The topological polar surface area (TPSA) is 73.1 Å². The van der Waals surface area contributed by atoms with Crippen molar-refractivity contribution in [1.29, 1.82) is 0 Å². The number of rotatable bonds is 8. The molecule has 3 saturated heterocycles. The summed E-state index contributed by atoms with van der Waals surface area (Å²) in [7, 11) is 0. The van der Waals surface area contributed by atoms with Gasteiger partial charge in [-0.3, -0.25) is 0 Å². The van der Waals surface area contributed by atoms with E-state index in [2.05, 4.69) is 10.2 Å². The van der Waals surface area contributed by atoms with E-state index in [1.165, 1.54) is 0 Å². The molecule has 3 heterocycles. The van der Waals surface area contributed by atoms with E-state index in [4.69, 9.17) is 14.2 Å². The highest BCUT2D eigenvalue weighted by Crippen LogP contribution is 2.37. The average molecular weight is 292 g/mol. The minimum Gasteiger partial charge on any atom is -0.506 e. The second-order valence-electron chi connectivity index (χ2n) is 5.83. The number of hydrogen-bond donors (Lipinski definition) is 2. The molecule has 2 N–H and O–H groups in total. The number of phenolic OH excluding ortho intramolecular Hbond substituents is 1. The van der Waals surface area contributed by atoms with Crippen molar-refractivity contribution in [3.8, 4) is 5.75 Å². The zero-order valence-electron chi connectivity index (χ0n) is 11.8. The van der Waals surface area contributed by atoms with Crippen molar-refractivity contribution in [2.24, 2.45) is 0 Å². The van der Waals surface area contributed by atoms with E-state index < -0.39 is 0 Å². The highest BCUT2D eigenvalue weighted by Gasteiger charge is 2.33. The summed E-state index contributed by atoms with van der Waals surface area (Å²) < 4.78 is 15.9. The van der Waals surface area contributed by atoms with E-state index >= 15 is 0 Å². The van der Waals surface area contributed by atoms with Crippen LogP contribution in [-0.4, -0.2) is 62.9 Å². The van der Waals surface area contributed by atoms with Crippen molar-refractivity contribution in [1.82, 2.24) is 0 Å². The maximum absolute atomic E-state index is 10.3. The lowest BCUT2D eigenvalue weighted by atomic mass is 10.2. The second kappa shape index (κ2) is 5.36. The van der Waals surface area contributed by atoms with Crippen molar-refractivity contribution in [3.63, 3.8) is 0 Å². The fourth-order valence-corrected chi connectivity index (χ4v) is 2.51. The summed E-state index contributed by atoms with van der Waals surface area (Å²) >= 11 is 0. The predicted octanol–water partition coefficient (Wildman–Crippen LogP) is 0.807. The predicted molar refractivity (Wildman–Crippen MR) is 78.0 cm³/mol. The number of nitrogens with zero attached hydrogens (tertiary/aromatic N) is 1. The Morgan fingerprint density at radius 2 is 1.67 bits per heavy atom. The molecule has 3 atom stereocenters. The molecule has 114 valence electrons. The molecule has 0 radical (unpaired) electrons. The zero-order chi connectivity index (χ0) is 14.2. The van der Waals surface area contributed by atoms with Gasteiger partial charge in [0, 0.05) is 19.6 Å². The first kappa shape index (κ1) is 13.2. The van der Waals surface area contributed by atoms with Crippen LogP contribution in [0.5, 0.6) is 5.75 Å². The third-order valence-corrected chi connectivity index (χ3v) is 3.91. The van der Waals surface area contributed by atoms with E-state index in [0.717, 1.165) is 50.8 Å². The van der Waals surface area contributed by atoms with Crippen LogP contribution < -0.4 is 10.2 Å². The first-order valence-electron chi connectivity index (χ1n) is 7.45. The standard InChI is InChI=1S/C15H20N2O4/c18-14-3-1-2-13(16-4-10-7-19-10)15(14)17(5-11-8-20-11)6-12-9-21-12/h1-3,10-12,16,18H,4-9H2. The van der Waals surface area contributed by atoms with E-state index in [9.17, 15) is 5.11 Å². The first-order chi connectivity index (χ1) is 10.3. The molecule has 1 aromatic carbocycles. The van der Waals surface area contributed by atoms with E-state index in [0.29, 0.717) is 6.10 Å². The molecule has 3 aliphatic heterocycles. The molecule has 1 aromatic rings. The number of epoxide rings is 3. The van der Waals surface area contributed by atoms with Crippen LogP contribution in [0.25, 0.3) is 0 Å². The van der Waals surface area contributed by atoms with Crippen molar-refractivity contribution in [3.05, 3.63) is 18.2 Å². The molecule has 6 nitrogen and oxygen atoms in total. The molecule has 3 fully saturated rings.